The Kier molecular flexibility index (Phi) is 5.54. The lowest BCUT2D eigenvalue weighted by molar-refractivity contribution is 0.396. The number of rotatable bonds is 5. The molecule has 0 saturated heterocycles. The SMILES string of the molecule is CCCc1ccc(C2CCC(c3ccc(CC)cc3)CC2)cc1. The van der Waals surface area contributed by atoms with Crippen molar-refractivity contribution in [2.45, 2.75) is 70.6 Å². The van der Waals surface area contributed by atoms with Gasteiger partial charge in [-0.2, -0.15) is 0 Å². The molecule has 3 rings (SSSR count). The Labute approximate surface area is 141 Å². The standard InChI is InChI=1S/C23H30/c1-3-5-19-8-12-21(13-9-19)23-16-14-22(15-17-23)20-10-6-18(4-2)7-11-20/h6-13,22-23H,3-5,14-17H2,1-2H3. The van der Waals surface area contributed by atoms with E-state index in [2.05, 4.69) is 62.4 Å². The Hall–Kier alpha value is -1.56. The highest BCUT2D eigenvalue weighted by molar-refractivity contribution is 5.28. The van der Waals surface area contributed by atoms with Crippen LogP contribution in [0.25, 0.3) is 0 Å². The van der Waals surface area contributed by atoms with Crippen LogP contribution in [0, 0.1) is 0 Å². The van der Waals surface area contributed by atoms with Gasteiger partial charge in [0.25, 0.3) is 0 Å². The number of aryl methyl sites for hydroxylation is 2. The minimum Gasteiger partial charge on any atom is -0.0651 e. The second-order valence-electron chi connectivity index (χ2n) is 7.14. The maximum Gasteiger partial charge on any atom is -0.0162 e. The fourth-order valence-electron chi connectivity index (χ4n) is 4.03. The average Bonchev–Trinajstić information content (AvgIpc) is 2.63. The molecule has 2 aromatic rings. The highest BCUT2D eigenvalue weighted by Crippen LogP contribution is 2.40. The van der Waals surface area contributed by atoms with E-state index in [9.17, 15) is 0 Å². The van der Waals surface area contributed by atoms with Crippen LogP contribution in [0.3, 0.4) is 0 Å². The summed E-state index contributed by atoms with van der Waals surface area (Å²) in [5, 5.41) is 0. The Morgan fingerprint density at radius 1 is 0.652 bits per heavy atom. The third-order valence-corrected chi connectivity index (χ3v) is 5.58. The Bertz CT molecular complexity index is 583. The molecule has 0 N–H and O–H groups in total. The van der Waals surface area contributed by atoms with Gasteiger partial charge >= 0.3 is 0 Å². The van der Waals surface area contributed by atoms with Gasteiger partial charge in [0, 0.05) is 0 Å². The predicted octanol–water partition coefficient (Wildman–Crippen LogP) is 6.64. The zero-order valence-corrected chi connectivity index (χ0v) is 14.7. The van der Waals surface area contributed by atoms with Crippen LogP contribution in [0.1, 0.15) is 80.0 Å². The van der Waals surface area contributed by atoms with Crippen molar-refractivity contribution in [2.75, 3.05) is 0 Å². The van der Waals surface area contributed by atoms with Crippen LogP contribution < -0.4 is 0 Å². The summed E-state index contributed by atoms with van der Waals surface area (Å²) in [5.41, 5.74) is 6.05. The molecule has 0 aliphatic heterocycles. The first-order valence-corrected chi connectivity index (χ1v) is 9.47. The summed E-state index contributed by atoms with van der Waals surface area (Å²) >= 11 is 0. The third kappa shape index (κ3) is 4.05. The van der Waals surface area contributed by atoms with Crippen LogP contribution in [0.4, 0.5) is 0 Å². The molecule has 0 amide bonds. The van der Waals surface area contributed by atoms with E-state index in [1.54, 1.807) is 11.1 Å². The van der Waals surface area contributed by atoms with E-state index in [1.807, 2.05) is 0 Å². The molecule has 23 heavy (non-hydrogen) atoms. The molecule has 1 saturated carbocycles. The normalized spacial score (nSPS) is 21.3. The molecule has 1 aliphatic carbocycles. The van der Waals surface area contributed by atoms with E-state index >= 15 is 0 Å². The van der Waals surface area contributed by atoms with Crippen molar-refractivity contribution in [2.24, 2.45) is 0 Å². The smallest absolute Gasteiger partial charge is 0.0162 e. The fourth-order valence-corrected chi connectivity index (χ4v) is 4.03. The van der Waals surface area contributed by atoms with Gasteiger partial charge in [-0.05, 0) is 72.6 Å². The summed E-state index contributed by atoms with van der Waals surface area (Å²) in [4.78, 5) is 0. The molecule has 122 valence electrons. The van der Waals surface area contributed by atoms with Gasteiger partial charge in [0.1, 0.15) is 0 Å². The zero-order valence-electron chi connectivity index (χ0n) is 14.7. The quantitative estimate of drug-likeness (QED) is 0.580. The number of hydrogen-bond acceptors (Lipinski definition) is 0. The van der Waals surface area contributed by atoms with Crippen molar-refractivity contribution < 1.29 is 0 Å². The van der Waals surface area contributed by atoms with Gasteiger partial charge in [0.2, 0.25) is 0 Å². The second kappa shape index (κ2) is 7.81. The van der Waals surface area contributed by atoms with Gasteiger partial charge in [-0.15, -0.1) is 0 Å². The van der Waals surface area contributed by atoms with Crippen molar-refractivity contribution in [3.63, 3.8) is 0 Å². The molecule has 0 nitrogen and oxygen atoms in total. The lowest BCUT2D eigenvalue weighted by atomic mass is 9.76. The number of benzene rings is 2. The Morgan fingerprint density at radius 3 is 1.48 bits per heavy atom. The molecule has 0 spiro atoms. The Balaban J connectivity index is 1.59. The summed E-state index contributed by atoms with van der Waals surface area (Å²) in [6, 6.07) is 18.8. The van der Waals surface area contributed by atoms with Crippen molar-refractivity contribution in [1.29, 1.82) is 0 Å². The Morgan fingerprint density at radius 2 is 1.09 bits per heavy atom. The summed E-state index contributed by atoms with van der Waals surface area (Å²) < 4.78 is 0. The summed E-state index contributed by atoms with van der Waals surface area (Å²) in [5.74, 6) is 1.55. The number of hydrogen-bond donors (Lipinski definition) is 0. The minimum atomic E-state index is 0.775. The van der Waals surface area contributed by atoms with Crippen molar-refractivity contribution in [3.05, 3.63) is 70.8 Å². The van der Waals surface area contributed by atoms with E-state index < -0.39 is 0 Å². The molecule has 0 heteroatoms. The third-order valence-electron chi connectivity index (χ3n) is 5.58. The summed E-state index contributed by atoms with van der Waals surface area (Å²) in [6.07, 6.45) is 8.95. The lowest BCUT2D eigenvalue weighted by Crippen LogP contribution is -2.12. The van der Waals surface area contributed by atoms with Crippen LogP contribution in [-0.2, 0) is 12.8 Å². The van der Waals surface area contributed by atoms with E-state index in [4.69, 9.17) is 0 Å². The van der Waals surface area contributed by atoms with Crippen LogP contribution in [0.5, 0.6) is 0 Å². The van der Waals surface area contributed by atoms with Gasteiger partial charge in [0.05, 0.1) is 0 Å². The average molecular weight is 306 g/mol. The van der Waals surface area contributed by atoms with Gasteiger partial charge < -0.3 is 0 Å². The first-order valence-electron chi connectivity index (χ1n) is 9.47. The van der Waals surface area contributed by atoms with Crippen LogP contribution in [0.2, 0.25) is 0 Å². The van der Waals surface area contributed by atoms with Gasteiger partial charge in [-0.3, -0.25) is 0 Å². The zero-order chi connectivity index (χ0) is 16.1. The molecular formula is C23H30. The molecular weight excluding hydrogens is 276 g/mol. The summed E-state index contributed by atoms with van der Waals surface area (Å²) in [7, 11) is 0. The highest BCUT2D eigenvalue weighted by Gasteiger charge is 2.23. The molecule has 1 aliphatic rings. The molecule has 0 bridgehead atoms. The molecule has 2 aromatic carbocycles. The van der Waals surface area contributed by atoms with Crippen LogP contribution in [0.15, 0.2) is 48.5 Å². The van der Waals surface area contributed by atoms with Gasteiger partial charge in [0.15, 0.2) is 0 Å². The lowest BCUT2D eigenvalue weighted by Gasteiger charge is -2.29. The molecule has 0 heterocycles. The molecule has 0 unspecified atom stereocenters. The first-order chi connectivity index (χ1) is 11.3. The molecule has 1 fully saturated rings. The van der Waals surface area contributed by atoms with Crippen LogP contribution >= 0.6 is 0 Å². The topological polar surface area (TPSA) is 0 Å². The fraction of sp³-hybridized carbons (Fsp3) is 0.478. The van der Waals surface area contributed by atoms with Gasteiger partial charge in [-0.25, -0.2) is 0 Å². The van der Waals surface area contributed by atoms with Crippen LogP contribution in [-0.4, -0.2) is 0 Å². The van der Waals surface area contributed by atoms with Gasteiger partial charge in [-0.1, -0.05) is 68.8 Å². The maximum absolute atomic E-state index is 2.38. The molecule has 0 aromatic heterocycles. The molecule has 0 radical (unpaired) electrons. The van der Waals surface area contributed by atoms with E-state index in [0.717, 1.165) is 18.3 Å². The van der Waals surface area contributed by atoms with E-state index in [1.165, 1.54) is 49.7 Å². The van der Waals surface area contributed by atoms with Crippen molar-refractivity contribution in [1.82, 2.24) is 0 Å². The predicted molar refractivity (Wildman–Crippen MR) is 100 cm³/mol. The monoisotopic (exact) mass is 306 g/mol. The van der Waals surface area contributed by atoms with E-state index in [-0.39, 0.29) is 0 Å². The largest absolute Gasteiger partial charge is 0.0651 e. The first kappa shape index (κ1) is 16.3. The minimum absolute atomic E-state index is 0.775. The van der Waals surface area contributed by atoms with Crippen molar-refractivity contribution >= 4 is 0 Å². The summed E-state index contributed by atoms with van der Waals surface area (Å²) in [6.45, 7) is 4.48. The second-order valence-corrected chi connectivity index (χ2v) is 7.14. The maximum atomic E-state index is 2.38. The van der Waals surface area contributed by atoms with Crippen molar-refractivity contribution in [3.8, 4) is 0 Å². The highest BCUT2D eigenvalue weighted by atomic mass is 14.3. The van der Waals surface area contributed by atoms with E-state index in [0.29, 0.717) is 0 Å². The molecule has 0 atom stereocenters.